The number of alkyl carbamates (subject to hydrolysis) is 1. The Morgan fingerprint density at radius 3 is 1.95 bits per heavy atom. The molecule has 0 saturated heterocycles. The normalized spacial score (nSPS) is 12.5. The average Bonchev–Trinajstić information content (AvgIpc) is 3.27. The number of hydrogen-bond acceptors (Lipinski definition) is 7. The first-order chi connectivity index (χ1) is 18.9. The third-order valence-corrected chi connectivity index (χ3v) is 6.60. The zero-order valence-corrected chi connectivity index (χ0v) is 21.9. The number of nitrogens with one attached hydrogen (secondary N) is 2. The van der Waals surface area contributed by atoms with E-state index in [0.29, 0.717) is 22.8 Å². The second-order valence-electron chi connectivity index (χ2n) is 8.85. The number of carboxylic acid groups (broad SMARTS) is 1. The molecule has 0 heterocycles. The van der Waals surface area contributed by atoms with Crippen LogP contribution in [-0.4, -0.2) is 57.1 Å². The van der Waals surface area contributed by atoms with Gasteiger partial charge in [0.25, 0.3) is 0 Å². The number of aliphatic carboxylic acids is 1. The molecule has 1 atom stereocenters. The molecule has 3 aromatic carbocycles. The first-order valence-corrected chi connectivity index (χ1v) is 12.3. The molecule has 2 amide bonds. The molecule has 204 valence electrons. The predicted octanol–water partition coefficient (Wildman–Crippen LogP) is 3.71. The van der Waals surface area contributed by atoms with Crippen LogP contribution < -0.4 is 24.8 Å². The van der Waals surface area contributed by atoms with Crippen molar-refractivity contribution in [2.45, 2.75) is 24.9 Å². The van der Waals surface area contributed by atoms with E-state index in [2.05, 4.69) is 10.6 Å². The molecule has 4 rings (SSSR count). The summed E-state index contributed by atoms with van der Waals surface area (Å²) in [6.07, 6.45) is -1.42. The van der Waals surface area contributed by atoms with Crippen molar-refractivity contribution in [2.24, 2.45) is 0 Å². The maximum absolute atomic E-state index is 12.6. The van der Waals surface area contributed by atoms with Crippen LogP contribution in [0.1, 0.15) is 29.0 Å². The summed E-state index contributed by atoms with van der Waals surface area (Å²) < 4.78 is 21.4. The molecular weight excluding hydrogens is 504 g/mol. The van der Waals surface area contributed by atoms with Gasteiger partial charge in [-0.3, -0.25) is 4.79 Å². The second kappa shape index (κ2) is 12.2. The molecule has 0 radical (unpaired) electrons. The summed E-state index contributed by atoms with van der Waals surface area (Å²) >= 11 is 0. The lowest BCUT2D eigenvalue weighted by molar-refractivity contribution is -0.141. The Bertz CT molecular complexity index is 1300. The summed E-state index contributed by atoms with van der Waals surface area (Å²) in [6.45, 7) is 0.0297. The van der Waals surface area contributed by atoms with Crippen molar-refractivity contribution in [3.8, 4) is 28.4 Å². The highest BCUT2D eigenvalue weighted by Gasteiger charge is 2.30. The van der Waals surface area contributed by atoms with Gasteiger partial charge in [0, 0.05) is 18.1 Å². The number of benzene rings is 3. The van der Waals surface area contributed by atoms with Gasteiger partial charge in [0.05, 0.1) is 39.9 Å². The Hall–Kier alpha value is -4.73. The number of hydrogen-bond donors (Lipinski definition) is 3. The Kier molecular flexibility index (Phi) is 8.55. The maximum atomic E-state index is 12.6. The quantitative estimate of drug-likeness (QED) is 0.339. The monoisotopic (exact) mass is 534 g/mol. The first-order valence-electron chi connectivity index (χ1n) is 12.3. The predicted molar refractivity (Wildman–Crippen MR) is 142 cm³/mol. The minimum Gasteiger partial charge on any atom is -0.496 e. The SMILES string of the molecule is COc1cc(OC)c(CNC(=O)C[C@H](NC(=O)OCC2c3ccccc3-c3ccccc32)C(=O)O)c(OC)c1. The zero-order valence-electron chi connectivity index (χ0n) is 21.9. The second-order valence-corrected chi connectivity index (χ2v) is 8.85. The van der Waals surface area contributed by atoms with Crippen molar-refractivity contribution in [2.75, 3.05) is 27.9 Å². The van der Waals surface area contributed by atoms with E-state index in [1.807, 2.05) is 48.5 Å². The van der Waals surface area contributed by atoms with E-state index in [-0.39, 0.29) is 19.1 Å². The third kappa shape index (κ3) is 6.06. The highest BCUT2D eigenvalue weighted by atomic mass is 16.5. The van der Waals surface area contributed by atoms with Crippen LogP contribution in [0.2, 0.25) is 0 Å². The van der Waals surface area contributed by atoms with Crippen molar-refractivity contribution in [3.05, 3.63) is 77.4 Å². The van der Waals surface area contributed by atoms with Crippen molar-refractivity contribution < 1.29 is 38.4 Å². The lowest BCUT2D eigenvalue weighted by atomic mass is 9.98. The standard InChI is InChI=1S/C29H30N2O8/c1-36-17-12-25(37-2)22(26(13-17)38-3)15-30-27(32)14-24(28(33)34)31-29(35)39-16-23-20-10-6-4-8-18(20)19-9-5-7-11-21(19)23/h4-13,23-24H,14-16H2,1-3H3,(H,30,32)(H,31,35)(H,33,34)/t24-/m0/s1. The Morgan fingerprint density at radius 2 is 1.44 bits per heavy atom. The van der Waals surface area contributed by atoms with Crippen LogP contribution >= 0.6 is 0 Å². The van der Waals surface area contributed by atoms with Crippen LogP contribution in [0.3, 0.4) is 0 Å². The Morgan fingerprint density at radius 1 is 0.872 bits per heavy atom. The molecule has 3 aromatic rings. The lowest BCUT2D eigenvalue weighted by Crippen LogP contribution is -2.44. The van der Waals surface area contributed by atoms with E-state index >= 15 is 0 Å². The van der Waals surface area contributed by atoms with Crippen molar-refractivity contribution >= 4 is 18.0 Å². The van der Waals surface area contributed by atoms with Gasteiger partial charge < -0.3 is 34.7 Å². The van der Waals surface area contributed by atoms with Gasteiger partial charge in [-0.1, -0.05) is 48.5 Å². The van der Waals surface area contributed by atoms with E-state index in [1.165, 1.54) is 21.3 Å². The van der Waals surface area contributed by atoms with Crippen molar-refractivity contribution in [1.82, 2.24) is 10.6 Å². The molecule has 1 aliphatic carbocycles. The van der Waals surface area contributed by atoms with Crippen LogP contribution in [0, 0.1) is 0 Å². The highest BCUT2D eigenvalue weighted by molar-refractivity contribution is 5.87. The van der Waals surface area contributed by atoms with E-state index in [4.69, 9.17) is 18.9 Å². The molecule has 39 heavy (non-hydrogen) atoms. The largest absolute Gasteiger partial charge is 0.496 e. The van der Waals surface area contributed by atoms with Crippen LogP contribution in [-0.2, 0) is 20.9 Å². The fraction of sp³-hybridized carbons (Fsp3) is 0.276. The van der Waals surface area contributed by atoms with E-state index in [0.717, 1.165) is 22.3 Å². The van der Waals surface area contributed by atoms with E-state index < -0.39 is 30.4 Å². The maximum Gasteiger partial charge on any atom is 0.407 e. The molecule has 0 aliphatic heterocycles. The van der Waals surface area contributed by atoms with Gasteiger partial charge in [-0.2, -0.15) is 0 Å². The molecule has 1 aliphatic rings. The van der Waals surface area contributed by atoms with Gasteiger partial charge in [0.15, 0.2) is 0 Å². The van der Waals surface area contributed by atoms with Gasteiger partial charge in [-0.15, -0.1) is 0 Å². The number of carbonyl (C=O) groups excluding carboxylic acids is 2. The smallest absolute Gasteiger partial charge is 0.407 e. The van der Waals surface area contributed by atoms with Crippen LogP contribution in [0.5, 0.6) is 17.2 Å². The molecule has 0 bridgehead atoms. The zero-order chi connectivity index (χ0) is 27.9. The number of rotatable bonds is 11. The summed E-state index contributed by atoms with van der Waals surface area (Å²) in [5, 5.41) is 14.6. The van der Waals surface area contributed by atoms with Crippen LogP contribution in [0.4, 0.5) is 4.79 Å². The molecule has 0 saturated carbocycles. The minimum atomic E-state index is -1.49. The first kappa shape index (κ1) is 27.3. The number of fused-ring (bicyclic) bond motifs is 3. The van der Waals surface area contributed by atoms with Crippen LogP contribution in [0.25, 0.3) is 11.1 Å². The van der Waals surface area contributed by atoms with Gasteiger partial charge >= 0.3 is 12.1 Å². The van der Waals surface area contributed by atoms with Gasteiger partial charge in [0.1, 0.15) is 29.9 Å². The molecular formula is C29H30N2O8. The molecule has 0 aromatic heterocycles. The summed E-state index contributed by atoms with van der Waals surface area (Å²) in [6, 6.07) is 17.6. The number of methoxy groups -OCH3 is 3. The molecule has 3 N–H and O–H groups in total. The molecule has 10 heteroatoms. The number of amides is 2. The van der Waals surface area contributed by atoms with E-state index in [9.17, 15) is 19.5 Å². The Labute approximate surface area is 225 Å². The van der Waals surface area contributed by atoms with E-state index in [1.54, 1.807) is 12.1 Å². The highest BCUT2D eigenvalue weighted by Crippen LogP contribution is 2.44. The third-order valence-electron chi connectivity index (χ3n) is 6.60. The van der Waals surface area contributed by atoms with Crippen molar-refractivity contribution in [3.63, 3.8) is 0 Å². The summed E-state index contributed by atoms with van der Waals surface area (Å²) in [5.41, 5.74) is 4.76. The fourth-order valence-corrected chi connectivity index (χ4v) is 4.68. The summed E-state index contributed by atoms with van der Waals surface area (Å²) in [7, 11) is 4.45. The molecule has 0 fully saturated rings. The molecule has 0 unspecified atom stereocenters. The van der Waals surface area contributed by atoms with Crippen molar-refractivity contribution in [1.29, 1.82) is 0 Å². The number of ether oxygens (including phenoxy) is 4. The minimum absolute atomic E-state index is 0.00641. The van der Waals surface area contributed by atoms with Gasteiger partial charge in [-0.05, 0) is 22.3 Å². The number of carboxylic acids is 1. The summed E-state index contributed by atoms with van der Waals surface area (Å²) in [5.74, 6) is -0.767. The molecule has 10 nitrogen and oxygen atoms in total. The topological polar surface area (TPSA) is 132 Å². The van der Waals surface area contributed by atoms with Gasteiger partial charge in [-0.25, -0.2) is 9.59 Å². The van der Waals surface area contributed by atoms with Crippen LogP contribution in [0.15, 0.2) is 60.7 Å². The molecule has 0 spiro atoms. The average molecular weight is 535 g/mol. The number of carbonyl (C=O) groups is 3. The lowest BCUT2D eigenvalue weighted by Gasteiger charge is -2.18. The van der Waals surface area contributed by atoms with Gasteiger partial charge in [0.2, 0.25) is 5.91 Å². The Balaban J connectivity index is 1.35. The fourth-order valence-electron chi connectivity index (χ4n) is 4.68. The summed E-state index contributed by atoms with van der Waals surface area (Å²) in [4.78, 5) is 37.0.